The summed E-state index contributed by atoms with van der Waals surface area (Å²) in [5, 5.41) is 13.0. The van der Waals surface area contributed by atoms with Gasteiger partial charge >= 0.3 is 5.00 Å². The van der Waals surface area contributed by atoms with E-state index in [9.17, 15) is 14.9 Å². The molecule has 0 aliphatic heterocycles. The summed E-state index contributed by atoms with van der Waals surface area (Å²) in [6.07, 6.45) is 1.69. The van der Waals surface area contributed by atoms with Gasteiger partial charge in [-0.1, -0.05) is 36.4 Å². The average molecular weight is 311 g/mol. The van der Waals surface area contributed by atoms with Crippen LogP contribution in [0.5, 0.6) is 0 Å². The number of thiophene rings is 1. The van der Waals surface area contributed by atoms with Crippen LogP contribution in [0.15, 0.2) is 27.5 Å². The summed E-state index contributed by atoms with van der Waals surface area (Å²) < 4.78 is 0. The maximum absolute atomic E-state index is 11.5. The lowest BCUT2D eigenvalue weighted by Crippen LogP contribution is -2.09. The Morgan fingerprint density at radius 1 is 1.50 bits per heavy atom. The molecule has 2 rings (SSSR count). The van der Waals surface area contributed by atoms with Gasteiger partial charge in [0.25, 0.3) is 5.56 Å². The molecule has 0 aliphatic carbocycles. The van der Waals surface area contributed by atoms with Crippen molar-refractivity contribution in [3.63, 3.8) is 0 Å². The van der Waals surface area contributed by atoms with Crippen LogP contribution in [0, 0.1) is 10.1 Å². The van der Waals surface area contributed by atoms with Gasteiger partial charge in [0.05, 0.1) is 4.92 Å². The predicted octanol–water partition coefficient (Wildman–Crippen LogP) is 2.98. The van der Waals surface area contributed by atoms with Crippen LogP contribution < -0.4 is 5.56 Å². The van der Waals surface area contributed by atoms with Crippen LogP contribution in [0.25, 0.3) is 0 Å². The molecule has 0 atom stereocenters. The molecule has 2 aromatic heterocycles. The molecular formula is C12H13N3O3S2. The molecule has 106 valence electrons. The van der Waals surface area contributed by atoms with Gasteiger partial charge in [0.1, 0.15) is 0 Å². The molecule has 0 spiro atoms. The van der Waals surface area contributed by atoms with Crippen LogP contribution in [0.4, 0.5) is 5.00 Å². The van der Waals surface area contributed by atoms with Gasteiger partial charge in [0, 0.05) is 29.0 Å². The normalized spacial score (nSPS) is 10.7. The third-order valence-corrected chi connectivity index (χ3v) is 4.35. The number of hydrogen-bond acceptors (Lipinski definition) is 6. The smallest absolute Gasteiger partial charge is 0.301 e. The fourth-order valence-corrected chi connectivity index (χ4v) is 3.28. The lowest BCUT2D eigenvalue weighted by Gasteiger charge is -2.02. The molecule has 0 amide bonds. The Morgan fingerprint density at radius 3 is 2.95 bits per heavy atom. The molecular weight excluding hydrogens is 298 g/mol. The van der Waals surface area contributed by atoms with E-state index in [4.69, 9.17) is 0 Å². The molecule has 1 N–H and O–H groups in total. The molecule has 8 heteroatoms. The van der Waals surface area contributed by atoms with E-state index in [1.54, 1.807) is 11.4 Å². The van der Waals surface area contributed by atoms with Gasteiger partial charge in [0.2, 0.25) is 0 Å². The lowest BCUT2D eigenvalue weighted by molar-refractivity contribution is -0.380. The quantitative estimate of drug-likeness (QED) is 0.383. The first-order valence-corrected chi connectivity index (χ1v) is 7.90. The molecule has 2 heterocycles. The highest BCUT2D eigenvalue weighted by Crippen LogP contribution is 2.27. The number of nitrogens with zero attached hydrogens (tertiary/aromatic N) is 2. The van der Waals surface area contributed by atoms with Crippen LogP contribution in [0.3, 0.4) is 0 Å². The first-order valence-electron chi connectivity index (χ1n) is 6.03. The molecule has 0 saturated heterocycles. The highest BCUT2D eigenvalue weighted by Gasteiger charge is 2.10. The maximum atomic E-state index is 11.5. The molecule has 0 fully saturated rings. The van der Waals surface area contributed by atoms with Crippen LogP contribution in [-0.4, -0.2) is 14.9 Å². The van der Waals surface area contributed by atoms with E-state index in [-0.39, 0.29) is 10.6 Å². The average Bonchev–Trinajstić information content (AvgIpc) is 2.85. The topological polar surface area (TPSA) is 88.9 Å². The van der Waals surface area contributed by atoms with Gasteiger partial charge in [-0.25, -0.2) is 4.98 Å². The van der Waals surface area contributed by atoms with Gasteiger partial charge < -0.3 is 4.98 Å². The first kappa shape index (κ1) is 14.7. The summed E-state index contributed by atoms with van der Waals surface area (Å²) in [6, 6.07) is 3.05. The van der Waals surface area contributed by atoms with Gasteiger partial charge in [-0.15, -0.1) is 0 Å². The minimum absolute atomic E-state index is 0.127. The summed E-state index contributed by atoms with van der Waals surface area (Å²) in [5.41, 5.74) is 1.47. The van der Waals surface area contributed by atoms with Crippen molar-refractivity contribution in [1.29, 1.82) is 0 Å². The summed E-state index contributed by atoms with van der Waals surface area (Å²) in [5.74, 6) is 0.545. The Balaban J connectivity index is 2.06. The SMILES string of the molecule is CCCc1cc(=O)[nH]c(SCc2csc([N+](=O)[O-])c2)n1. The van der Waals surface area contributed by atoms with Gasteiger partial charge in [-0.3, -0.25) is 14.9 Å². The van der Waals surface area contributed by atoms with Gasteiger partial charge in [-0.2, -0.15) is 0 Å². The van der Waals surface area contributed by atoms with Crippen molar-refractivity contribution in [2.45, 2.75) is 30.7 Å². The number of thioether (sulfide) groups is 1. The lowest BCUT2D eigenvalue weighted by atomic mass is 10.2. The fourth-order valence-electron chi connectivity index (χ4n) is 1.62. The zero-order chi connectivity index (χ0) is 14.5. The largest absolute Gasteiger partial charge is 0.324 e. The summed E-state index contributed by atoms with van der Waals surface area (Å²) in [7, 11) is 0. The molecule has 2 aromatic rings. The van der Waals surface area contributed by atoms with Crippen LogP contribution in [-0.2, 0) is 12.2 Å². The Morgan fingerprint density at radius 2 is 2.30 bits per heavy atom. The van der Waals surface area contributed by atoms with E-state index in [2.05, 4.69) is 9.97 Å². The number of aryl methyl sites for hydroxylation is 1. The second-order valence-electron chi connectivity index (χ2n) is 4.13. The van der Waals surface area contributed by atoms with Gasteiger partial charge in [0.15, 0.2) is 5.16 Å². The Hall–Kier alpha value is -1.67. The number of aromatic nitrogens is 2. The first-order chi connectivity index (χ1) is 9.58. The second kappa shape index (κ2) is 6.67. The predicted molar refractivity (Wildman–Crippen MR) is 79.4 cm³/mol. The van der Waals surface area contributed by atoms with Crippen LogP contribution >= 0.6 is 23.1 Å². The molecule has 0 radical (unpaired) electrons. The van der Waals surface area contributed by atoms with Crippen molar-refractivity contribution >= 4 is 28.1 Å². The second-order valence-corrected chi connectivity index (χ2v) is 5.98. The third kappa shape index (κ3) is 3.91. The summed E-state index contributed by atoms with van der Waals surface area (Å²) in [6.45, 7) is 2.03. The number of aromatic amines is 1. The fraction of sp³-hybridized carbons (Fsp3) is 0.333. The van der Waals surface area contributed by atoms with Crippen molar-refractivity contribution in [3.8, 4) is 0 Å². The Labute approximate surface area is 123 Å². The number of H-pyrrole nitrogens is 1. The van der Waals surface area contributed by atoms with Crippen molar-refractivity contribution in [1.82, 2.24) is 9.97 Å². The minimum atomic E-state index is -0.402. The summed E-state index contributed by atoms with van der Waals surface area (Å²) >= 11 is 2.47. The van der Waals surface area contributed by atoms with E-state index in [1.807, 2.05) is 6.92 Å². The van der Waals surface area contributed by atoms with E-state index in [0.29, 0.717) is 10.9 Å². The molecule has 0 bridgehead atoms. The Kier molecular flexibility index (Phi) is 4.91. The monoisotopic (exact) mass is 311 g/mol. The number of nitrogens with one attached hydrogen (secondary N) is 1. The molecule has 0 aliphatic rings. The maximum Gasteiger partial charge on any atom is 0.324 e. The van der Waals surface area contributed by atoms with Crippen molar-refractivity contribution in [3.05, 3.63) is 49.2 Å². The van der Waals surface area contributed by atoms with Gasteiger partial charge in [-0.05, 0) is 12.0 Å². The molecule has 0 unspecified atom stereocenters. The molecule has 6 nitrogen and oxygen atoms in total. The highest BCUT2D eigenvalue weighted by molar-refractivity contribution is 7.98. The zero-order valence-corrected chi connectivity index (χ0v) is 12.4. The van der Waals surface area contributed by atoms with Crippen LogP contribution in [0.2, 0.25) is 0 Å². The third-order valence-electron chi connectivity index (χ3n) is 2.47. The number of nitro groups is 1. The number of hydrogen-bond donors (Lipinski definition) is 1. The van der Waals surface area contributed by atoms with E-state index >= 15 is 0 Å². The van der Waals surface area contributed by atoms with E-state index < -0.39 is 4.92 Å². The number of rotatable bonds is 6. The Bertz CT molecular complexity index is 666. The molecule has 0 aromatic carbocycles. The molecule has 0 saturated carbocycles. The molecule has 20 heavy (non-hydrogen) atoms. The zero-order valence-electron chi connectivity index (χ0n) is 10.8. The standard InChI is InChI=1S/C12H13N3O3S2/c1-2-3-9-5-10(16)14-12(13-9)20-7-8-4-11(15(17)18)19-6-8/h4-6H,2-3,7H2,1H3,(H,13,14,16). The van der Waals surface area contributed by atoms with E-state index in [0.717, 1.165) is 35.4 Å². The van der Waals surface area contributed by atoms with Crippen molar-refractivity contribution in [2.75, 3.05) is 0 Å². The van der Waals surface area contributed by atoms with Crippen LogP contribution in [0.1, 0.15) is 24.6 Å². The van der Waals surface area contributed by atoms with Crippen molar-refractivity contribution < 1.29 is 4.92 Å². The minimum Gasteiger partial charge on any atom is -0.301 e. The van der Waals surface area contributed by atoms with E-state index in [1.165, 1.54) is 17.8 Å². The van der Waals surface area contributed by atoms with Crippen molar-refractivity contribution in [2.24, 2.45) is 0 Å². The summed E-state index contributed by atoms with van der Waals surface area (Å²) in [4.78, 5) is 28.7. The highest BCUT2D eigenvalue weighted by atomic mass is 32.2.